The summed E-state index contributed by atoms with van der Waals surface area (Å²) in [5, 5.41) is 3.23. The van der Waals surface area contributed by atoms with Crippen molar-refractivity contribution < 1.29 is 0 Å². The second kappa shape index (κ2) is 6.46. The molecule has 2 aliphatic heterocycles. The zero-order valence-electron chi connectivity index (χ0n) is 13.7. The number of guanidine groups is 1. The Labute approximate surface area is 133 Å². The van der Waals surface area contributed by atoms with Crippen LogP contribution in [0.15, 0.2) is 16.9 Å². The highest BCUT2D eigenvalue weighted by Crippen LogP contribution is 2.34. The number of likely N-dealkylation sites (N-methyl/N-ethyl adjacent to an activating group) is 1. The Bertz CT molecular complexity index is 444. The number of hydrogen-bond acceptors (Lipinski definition) is 6. The number of rotatable bonds is 2. The van der Waals surface area contributed by atoms with E-state index in [4.69, 9.17) is 11.5 Å². The first kappa shape index (κ1) is 15.6. The van der Waals surface area contributed by atoms with Gasteiger partial charge in [0.2, 0.25) is 0 Å². The molecule has 0 aromatic rings. The third-order valence-corrected chi connectivity index (χ3v) is 5.29. The van der Waals surface area contributed by atoms with E-state index in [1.807, 2.05) is 0 Å². The van der Waals surface area contributed by atoms with Crippen molar-refractivity contribution in [1.82, 2.24) is 15.1 Å². The highest BCUT2D eigenvalue weighted by atomic mass is 15.3. The van der Waals surface area contributed by atoms with E-state index in [2.05, 4.69) is 33.2 Å². The van der Waals surface area contributed by atoms with Crippen LogP contribution in [0.1, 0.15) is 38.5 Å². The summed E-state index contributed by atoms with van der Waals surface area (Å²) >= 11 is 0. The second-order valence-electron chi connectivity index (χ2n) is 7.02. The SMILES string of the molecule is CN1CCN(C2=CC(N)(C3CCCCCC3)N=C(N)N2)CC1. The summed E-state index contributed by atoms with van der Waals surface area (Å²) in [7, 11) is 2.16. The Hall–Kier alpha value is -1.27. The number of aliphatic imine (C=N–C) groups is 1. The van der Waals surface area contributed by atoms with Gasteiger partial charge in [-0.15, -0.1) is 0 Å². The van der Waals surface area contributed by atoms with Gasteiger partial charge in [0.1, 0.15) is 11.5 Å². The maximum atomic E-state index is 6.70. The molecule has 22 heavy (non-hydrogen) atoms. The average Bonchev–Trinajstić information content (AvgIpc) is 2.76. The summed E-state index contributed by atoms with van der Waals surface area (Å²) in [6, 6.07) is 0. The fraction of sp³-hybridized carbons (Fsp3) is 0.812. The molecule has 1 saturated heterocycles. The van der Waals surface area contributed by atoms with Gasteiger partial charge in [-0.25, -0.2) is 4.99 Å². The summed E-state index contributed by atoms with van der Waals surface area (Å²) in [5.41, 5.74) is 12.1. The smallest absolute Gasteiger partial charge is 0.196 e. The Balaban J connectivity index is 1.78. The molecule has 5 N–H and O–H groups in total. The maximum Gasteiger partial charge on any atom is 0.196 e. The van der Waals surface area contributed by atoms with Crippen LogP contribution in [0.25, 0.3) is 0 Å². The van der Waals surface area contributed by atoms with E-state index in [1.54, 1.807) is 0 Å². The van der Waals surface area contributed by atoms with E-state index in [-0.39, 0.29) is 0 Å². The van der Waals surface area contributed by atoms with Gasteiger partial charge in [-0.2, -0.15) is 0 Å². The lowest BCUT2D eigenvalue weighted by atomic mass is 9.86. The van der Waals surface area contributed by atoms with Gasteiger partial charge in [0, 0.05) is 32.1 Å². The normalized spacial score (nSPS) is 32.0. The van der Waals surface area contributed by atoms with Crippen molar-refractivity contribution in [1.29, 1.82) is 0 Å². The second-order valence-corrected chi connectivity index (χ2v) is 7.02. The van der Waals surface area contributed by atoms with Gasteiger partial charge in [0.25, 0.3) is 0 Å². The van der Waals surface area contributed by atoms with Gasteiger partial charge in [-0.05, 0) is 26.0 Å². The molecule has 0 aromatic heterocycles. The predicted octanol–water partition coefficient (Wildman–Crippen LogP) is 0.619. The molecule has 6 nitrogen and oxygen atoms in total. The van der Waals surface area contributed by atoms with Crippen molar-refractivity contribution >= 4 is 5.96 Å². The molecule has 124 valence electrons. The molecule has 1 aliphatic carbocycles. The molecule has 2 heterocycles. The molecule has 1 unspecified atom stereocenters. The lowest BCUT2D eigenvalue weighted by molar-refractivity contribution is 0.176. The molecule has 3 rings (SSSR count). The first-order valence-electron chi connectivity index (χ1n) is 8.64. The van der Waals surface area contributed by atoms with Crippen LogP contribution in [0.3, 0.4) is 0 Å². The summed E-state index contributed by atoms with van der Waals surface area (Å²) < 4.78 is 0. The Kier molecular flexibility index (Phi) is 4.59. The van der Waals surface area contributed by atoms with Crippen LogP contribution in [0.4, 0.5) is 0 Å². The molecule has 3 aliphatic rings. The first-order chi connectivity index (χ1) is 10.6. The lowest BCUT2D eigenvalue weighted by Gasteiger charge is -2.40. The van der Waals surface area contributed by atoms with Crippen molar-refractivity contribution in [3.63, 3.8) is 0 Å². The van der Waals surface area contributed by atoms with Gasteiger partial charge in [-0.1, -0.05) is 25.7 Å². The molecule has 2 fully saturated rings. The lowest BCUT2D eigenvalue weighted by Crippen LogP contribution is -2.55. The Morgan fingerprint density at radius 3 is 2.41 bits per heavy atom. The van der Waals surface area contributed by atoms with E-state index in [0.717, 1.165) is 44.8 Å². The van der Waals surface area contributed by atoms with Gasteiger partial charge >= 0.3 is 0 Å². The molecular weight excluding hydrogens is 276 g/mol. The third kappa shape index (κ3) is 3.38. The highest BCUT2D eigenvalue weighted by Gasteiger charge is 2.37. The summed E-state index contributed by atoms with van der Waals surface area (Å²) in [5.74, 6) is 1.91. The maximum absolute atomic E-state index is 6.70. The molecule has 0 bridgehead atoms. The van der Waals surface area contributed by atoms with Gasteiger partial charge in [0.05, 0.1) is 0 Å². The third-order valence-electron chi connectivity index (χ3n) is 5.29. The van der Waals surface area contributed by atoms with Crippen molar-refractivity contribution in [2.45, 2.75) is 44.2 Å². The standard InChI is InChI=1S/C16H30N6/c1-21-8-10-22(11-9-21)14-12-16(18,20-15(17)19-14)13-6-4-2-3-5-7-13/h12-13H,2-11,18H2,1H3,(H3,17,19,20). The van der Waals surface area contributed by atoms with Crippen molar-refractivity contribution in [3.8, 4) is 0 Å². The van der Waals surface area contributed by atoms with E-state index in [0.29, 0.717) is 11.9 Å². The number of piperazine rings is 1. The summed E-state index contributed by atoms with van der Waals surface area (Å²) in [4.78, 5) is 9.28. The Morgan fingerprint density at radius 1 is 1.14 bits per heavy atom. The van der Waals surface area contributed by atoms with Crippen LogP contribution in [-0.2, 0) is 0 Å². The molecule has 0 amide bonds. The van der Waals surface area contributed by atoms with E-state index < -0.39 is 5.66 Å². The molecule has 1 atom stereocenters. The molecule has 0 radical (unpaired) electrons. The molecular formula is C16H30N6. The topological polar surface area (TPSA) is 82.9 Å². The van der Waals surface area contributed by atoms with Gasteiger partial charge in [0.15, 0.2) is 5.96 Å². The van der Waals surface area contributed by atoms with Crippen LogP contribution < -0.4 is 16.8 Å². The van der Waals surface area contributed by atoms with Gasteiger partial charge < -0.3 is 26.6 Å². The molecule has 6 heteroatoms. The van der Waals surface area contributed by atoms with E-state index in [9.17, 15) is 0 Å². The largest absolute Gasteiger partial charge is 0.370 e. The fourth-order valence-electron chi connectivity index (χ4n) is 3.82. The zero-order chi connectivity index (χ0) is 15.6. The number of nitrogens with two attached hydrogens (primary N) is 2. The minimum absolute atomic E-state index is 0.401. The summed E-state index contributed by atoms with van der Waals surface area (Å²) in [6.07, 6.45) is 9.58. The van der Waals surface area contributed by atoms with Crippen LogP contribution >= 0.6 is 0 Å². The quantitative estimate of drug-likeness (QED) is 0.652. The van der Waals surface area contributed by atoms with E-state index >= 15 is 0 Å². The minimum atomic E-state index is -0.641. The van der Waals surface area contributed by atoms with Crippen molar-refractivity contribution in [3.05, 3.63) is 11.9 Å². The molecule has 0 aromatic carbocycles. The zero-order valence-corrected chi connectivity index (χ0v) is 13.7. The van der Waals surface area contributed by atoms with E-state index in [1.165, 1.54) is 25.7 Å². The Morgan fingerprint density at radius 2 is 1.77 bits per heavy atom. The van der Waals surface area contributed by atoms with Crippen molar-refractivity contribution in [2.24, 2.45) is 22.4 Å². The van der Waals surface area contributed by atoms with Crippen LogP contribution in [-0.4, -0.2) is 54.6 Å². The minimum Gasteiger partial charge on any atom is -0.370 e. The van der Waals surface area contributed by atoms with Crippen LogP contribution in [0, 0.1) is 5.92 Å². The fourth-order valence-corrected chi connectivity index (χ4v) is 3.82. The molecule has 1 saturated carbocycles. The first-order valence-corrected chi connectivity index (χ1v) is 8.64. The number of nitrogens with zero attached hydrogens (tertiary/aromatic N) is 3. The average molecular weight is 306 g/mol. The number of nitrogens with one attached hydrogen (secondary N) is 1. The van der Waals surface area contributed by atoms with Crippen LogP contribution in [0.2, 0.25) is 0 Å². The molecule has 0 spiro atoms. The highest BCUT2D eigenvalue weighted by molar-refractivity contribution is 5.81. The van der Waals surface area contributed by atoms with Gasteiger partial charge in [-0.3, -0.25) is 0 Å². The number of hydrogen-bond donors (Lipinski definition) is 3. The monoisotopic (exact) mass is 306 g/mol. The van der Waals surface area contributed by atoms with Crippen LogP contribution in [0.5, 0.6) is 0 Å². The summed E-state index contributed by atoms with van der Waals surface area (Å²) in [6.45, 7) is 4.14. The predicted molar refractivity (Wildman–Crippen MR) is 90.0 cm³/mol. The van der Waals surface area contributed by atoms with Crippen molar-refractivity contribution in [2.75, 3.05) is 33.2 Å².